The van der Waals surface area contributed by atoms with Crippen LogP contribution in [-0.2, 0) is 13.0 Å². The summed E-state index contributed by atoms with van der Waals surface area (Å²) in [5, 5.41) is 10.5. The Morgan fingerprint density at radius 3 is 2.73 bits per heavy atom. The minimum absolute atomic E-state index is 0.104. The molecule has 0 aliphatic heterocycles. The van der Waals surface area contributed by atoms with Crippen LogP contribution in [0.3, 0.4) is 0 Å². The summed E-state index contributed by atoms with van der Waals surface area (Å²) >= 11 is 0. The van der Waals surface area contributed by atoms with E-state index in [9.17, 15) is 9.90 Å². The monoisotopic (exact) mass is 295 g/mol. The fraction of sp³-hybridized carbons (Fsp3) is 0.167. The highest BCUT2D eigenvalue weighted by Gasteiger charge is 2.21. The number of hydrogen-bond acceptors (Lipinski definition) is 4. The number of rotatable bonds is 4. The lowest BCUT2D eigenvalue weighted by Crippen LogP contribution is -2.05. The van der Waals surface area contributed by atoms with Gasteiger partial charge in [0.05, 0.1) is 5.56 Å². The van der Waals surface area contributed by atoms with Crippen LogP contribution in [0.5, 0.6) is 5.75 Å². The molecule has 0 aliphatic rings. The number of carbonyl (C=O) groups is 1. The molecule has 3 rings (SSSR count). The van der Waals surface area contributed by atoms with Gasteiger partial charge in [-0.05, 0) is 24.3 Å². The van der Waals surface area contributed by atoms with Gasteiger partial charge in [-0.25, -0.2) is 0 Å². The molecule has 0 amide bonds. The van der Waals surface area contributed by atoms with Crippen LogP contribution in [-0.4, -0.2) is 10.9 Å². The molecule has 0 radical (unpaired) electrons. The smallest absolute Gasteiger partial charge is 0.197 e. The molecule has 0 bridgehead atoms. The van der Waals surface area contributed by atoms with E-state index in [-0.39, 0.29) is 18.1 Å². The first-order valence-corrected chi connectivity index (χ1v) is 7.22. The molecule has 1 heterocycles. The molecule has 4 heteroatoms. The Morgan fingerprint density at radius 2 is 2.00 bits per heavy atom. The second-order valence-corrected chi connectivity index (χ2v) is 5.13. The number of fused-ring (bicyclic) bond motifs is 1. The van der Waals surface area contributed by atoms with Gasteiger partial charge in [-0.2, -0.15) is 0 Å². The zero-order chi connectivity index (χ0) is 15.7. The van der Waals surface area contributed by atoms with Crippen LogP contribution in [0.25, 0.3) is 11.0 Å². The molecule has 0 fully saturated rings. The summed E-state index contributed by atoms with van der Waals surface area (Å²) in [4.78, 5) is 12.9. The van der Waals surface area contributed by atoms with Crippen LogP contribution in [0.2, 0.25) is 0 Å². The third kappa shape index (κ3) is 2.27. The summed E-state index contributed by atoms with van der Waals surface area (Å²) in [5.41, 5.74) is 7.95. The van der Waals surface area contributed by atoms with Gasteiger partial charge in [-0.3, -0.25) is 4.79 Å². The maximum atomic E-state index is 12.9. The summed E-state index contributed by atoms with van der Waals surface area (Å²) < 4.78 is 5.78. The summed E-state index contributed by atoms with van der Waals surface area (Å²) in [6.45, 7) is 2.14. The summed E-state index contributed by atoms with van der Waals surface area (Å²) in [7, 11) is 0. The highest BCUT2D eigenvalue weighted by atomic mass is 16.3. The molecular formula is C18H17NO3. The van der Waals surface area contributed by atoms with Crippen LogP contribution in [0.15, 0.2) is 46.9 Å². The Kier molecular flexibility index (Phi) is 3.69. The number of para-hydroxylation sites is 1. The third-order valence-electron chi connectivity index (χ3n) is 3.78. The van der Waals surface area contributed by atoms with Crippen molar-refractivity contribution in [2.45, 2.75) is 19.9 Å². The van der Waals surface area contributed by atoms with Crippen LogP contribution >= 0.6 is 0 Å². The summed E-state index contributed by atoms with van der Waals surface area (Å²) in [6.07, 6.45) is 0.636. The normalized spacial score (nSPS) is 11.0. The Morgan fingerprint density at radius 1 is 1.23 bits per heavy atom. The van der Waals surface area contributed by atoms with Crippen molar-refractivity contribution in [3.05, 3.63) is 64.9 Å². The van der Waals surface area contributed by atoms with Crippen molar-refractivity contribution in [2.75, 3.05) is 0 Å². The fourth-order valence-corrected chi connectivity index (χ4v) is 2.63. The number of phenols is 1. The molecule has 0 atom stereocenters. The van der Waals surface area contributed by atoms with Gasteiger partial charge in [0, 0.05) is 29.5 Å². The van der Waals surface area contributed by atoms with Crippen molar-refractivity contribution >= 4 is 16.8 Å². The van der Waals surface area contributed by atoms with Crippen molar-refractivity contribution in [1.82, 2.24) is 0 Å². The van der Waals surface area contributed by atoms with Crippen LogP contribution in [0.4, 0.5) is 0 Å². The number of aromatic hydroxyl groups is 1. The second-order valence-electron chi connectivity index (χ2n) is 5.13. The van der Waals surface area contributed by atoms with Gasteiger partial charge in [0.25, 0.3) is 0 Å². The number of phenolic OH excluding ortho intramolecular Hbond substituents is 1. The zero-order valence-electron chi connectivity index (χ0n) is 12.3. The molecule has 4 nitrogen and oxygen atoms in total. The standard InChI is InChI=1S/C18H17NO3/c1-2-15-17(13-5-3-4-6-16(13)22-15)18(21)11-7-8-14(20)12(9-11)10-19/h3-9,20H,2,10,19H2,1H3. The highest BCUT2D eigenvalue weighted by molar-refractivity contribution is 6.17. The van der Waals surface area contributed by atoms with Gasteiger partial charge < -0.3 is 15.3 Å². The maximum absolute atomic E-state index is 12.9. The number of carbonyl (C=O) groups excluding carboxylic acids is 1. The van der Waals surface area contributed by atoms with E-state index in [0.29, 0.717) is 34.5 Å². The lowest BCUT2D eigenvalue weighted by Gasteiger charge is -2.06. The third-order valence-corrected chi connectivity index (χ3v) is 3.78. The average molecular weight is 295 g/mol. The largest absolute Gasteiger partial charge is 0.508 e. The molecule has 0 saturated heterocycles. The lowest BCUT2D eigenvalue weighted by atomic mass is 9.97. The Hall–Kier alpha value is -2.59. The molecule has 3 N–H and O–H groups in total. The fourth-order valence-electron chi connectivity index (χ4n) is 2.63. The lowest BCUT2D eigenvalue weighted by molar-refractivity contribution is 0.103. The number of ketones is 1. The molecule has 22 heavy (non-hydrogen) atoms. The molecule has 0 saturated carbocycles. The van der Waals surface area contributed by atoms with E-state index in [0.717, 1.165) is 5.39 Å². The van der Waals surface area contributed by atoms with E-state index < -0.39 is 0 Å². The number of furan rings is 1. The van der Waals surface area contributed by atoms with Crippen LogP contribution < -0.4 is 5.73 Å². The Bertz CT molecular complexity index is 849. The zero-order valence-corrected chi connectivity index (χ0v) is 12.3. The topological polar surface area (TPSA) is 76.5 Å². The minimum atomic E-state index is -0.114. The quantitative estimate of drug-likeness (QED) is 0.723. The van der Waals surface area contributed by atoms with Gasteiger partial charge in [-0.1, -0.05) is 25.1 Å². The summed E-state index contributed by atoms with van der Waals surface area (Å²) in [5.74, 6) is 0.664. The minimum Gasteiger partial charge on any atom is -0.508 e. The highest BCUT2D eigenvalue weighted by Crippen LogP contribution is 2.29. The average Bonchev–Trinajstić information content (AvgIpc) is 2.93. The van der Waals surface area contributed by atoms with E-state index in [1.54, 1.807) is 12.1 Å². The van der Waals surface area contributed by atoms with Crippen molar-refractivity contribution in [2.24, 2.45) is 5.73 Å². The van der Waals surface area contributed by atoms with Gasteiger partial charge in [-0.15, -0.1) is 0 Å². The van der Waals surface area contributed by atoms with Crippen LogP contribution in [0, 0.1) is 0 Å². The molecule has 0 spiro atoms. The molecule has 0 aliphatic carbocycles. The number of nitrogens with two attached hydrogens (primary N) is 1. The molecule has 112 valence electrons. The van der Waals surface area contributed by atoms with E-state index in [4.69, 9.17) is 10.2 Å². The maximum Gasteiger partial charge on any atom is 0.197 e. The van der Waals surface area contributed by atoms with Gasteiger partial charge >= 0.3 is 0 Å². The van der Waals surface area contributed by atoms with E-state index in [1.165, 1.54) is 6.07 Å². The van der Waals surface area contributed by atoms with Crippen molar-refractivity contribution in [1.29, 1.82) is 0 Å². The number of benzene rings is 2. The predicted molar refractivity (Wildman–Crippen MR) is 85.0 cm³/mol. The second kappa shape index (κ2) is 5.66. The predicted octanol–water partition coefficient (Wildman–Crippen LogP) is 3.39. The molecule has 2 aromatic carbocycles. The molecule has 1 aromatic heterocycles. The molecular weight excluding hydrogens is 278 g/mol. The Labute approximate surface area is 128 Å². The van der Waals surface area contributed by atoms with E-state index in [1.807, 2.05) is 31.2 Å². The van der Waals surface area contributed by atoms with Crippen molar-refractivity contribution < 1.29 is 14.3 Å². The first kappa shape index (κ1) is 14.4. The first-order chi connectivity index (χ1) is 10.7. The van der Waals surface area contributed by atoms with Gasteiger partial charge in [0.15, 0.2) is 5.78 Å². The van der Waals surface area contributed by atoms with Crippen LogP contribution in [0.1, 0.15) is 34.2 Å². The van der Waals surface area contributed by atoms with Crippen molar-refractivity contribution in [3.63, 3.8) is 0 Å². The van der Waals surface area contributed by atoms with Crippen molar-refractivity contribution in [3.8, 4) is 5.75 Å². The van der Waals surface area contributed by atoms with E-state index >= 15 is 0 Å². The molecule has 0 unspecified atom stereocenters. The van der Waals surface area contributed by atoms with E-state index in [2.05, 4.69) is 0 Å². The Balaban J connectivity index is 2.16. The number of hydrogen-bond donors (Lipinski definition) is 2. The SMILES string of the molecule is CCc1oc2ccccc2c1C(=O)c1ccc(O)c(CN)c1. The first-order valence-electron chi connectivity index (χ1n) is 7.22. The van der Waals surface area contributed by atoms with Gasteiger partial charge in [0.1, 0.15) is 17.1 Å². The van der Waals surface area contributed by atoms with Gasteiger partial charge in [0.2, 0.25) is 0 Å². The number of aryl methyl sites for hydroxylation is 1. The molecule has 3 aromatic rings. The summed E-state index contributed by atoms with van der Waals surface area (Å²) in [6, 6.07) is 12.3.